The number of carbonyl (C=O) groups excluding carboxylic acids is 2. The van der Waals surface area contributed by atoms with E-state index in [0.717, 1.165) is 5.69 Å². The Balaban J connectivity index is 2.02. The molecule has 2 N–H and O–H groups in total. The Kier molecular flexibility index (Phi) is 4.06. The smallest absolute Gasteiger partial charge is 0.233 e. The summed E-state index contributed by atoms with van der Waals surface area (Å²) < 4.78 is 0. The van der Waals surface area contributed by atoms with Gasteiger partial charge in [0.15, 0.2) is 0 Å². The predicted octanol–water partition coefficient (Wildman–Crippen LogP) is 1.11. The van der Waals surface area contributed by atoms with Gasteiger partial charge in [0.25, 0.3) is 0 Å². The van der Waals surface area contributed by atoms with Crippen LogP contribution in [0, 0.1) is 17.3 Å². The zero-order valence-corrected chi connectivity index (χ0v) is 12.1. The zero-order valence-electron chi connectivity index (χ0n) is 12.1. The van der Waals surface area contributed by atoms with Crippen molar-refractivity contribution < 1.29 is 9.59 Å². The maximum atomic E-state index is 12.3. The van der Waals surface area contributed by atoms with Crippen LogP contribution in [0.5, 0.6) is 0 Å². The van der Waals surface area contributed by atoms with Gasteiger partial charge >= 0.3 is 0 Å². The second-order valence-corrected chi connectivity index (χ2v) is 6.23. The largest absolute Gasteiger partial charge is 0.355 e. The molecule has 1 fully saturated rings. The van der Waals surface area contributed by atoms with Gasteiger partial charge in [-0.25, -0.2) is 0 Å². The van der Waals surface area contributed by atoms with Gasteiger partial charge in [0, 0.05) is 18.7 Å². The molecular formula is C15H21N3O2. The van der Waals surface area contributed by atoms with Gasteiger partial charge in [-0.2, -0.15) is 0 Å². The van der Waals surface area contributed by atoms with Crippen molar-refractivity contribution in [3.63, 3.8) is 0 Å². The quantitative estimate of drug-likeness (QED) is 0.812. The molecule has 5 heteroatoms. The van der Waals surface area contributed by atoms with E-state index in [1.807, 2.05) is 18.2 Å². The summed E-state index contributed by atoms with van der Waals surface area (Å²) in [5.74, 6) is -0.994. The Morgan fingerprint density at radius 3 is 2.80 bits per heavy atom. The van der Waals surface area contributed by atoms with E-state index in [-0.39, 0.29) is 23.1 Å². The highest BCUT2D eigenvalue weighted by Gasteiger charge is 2.45. The molecule has 20 heavy (non-hydrogen) atoms. The Bertz CT molecular complexity index is 494. The molecule has 0 aliphatic carbocycles. The molecular weight excluding hydrogens is 254 g/mol. The minimum absolute atomic E-state index is 0.0127. The standard InChI is InChI=1S/C15H21N3O2/c1-15(2,3)11-9-18-14(20)12(11)13(19)17-8-10-6-4-5-7-16-10/h4-7,11-12H,8-9H2,1-3H3,(H,17,19)(H,18,20)/t11-,12+/m1/s1. The van der Waals surface area contributed by atoms with Crippen molar-refractivity contribution in [3.8, 4) is 0 Å². The molecule has 2 heterocycles. The van der Waals surface area contributed by atoms with Crippen LogP contribution in [-0.2, 0) is 16.1 Å². The van der Waals surface area contributed by atoms with Crippen LogP contribution in [0.15, 0.2) is 24.4 Å². The second kappa shape index (κ2) is 5.61. The summed E-state index contributed by atoms with van der Waals surface area (Å²) in [4.78, 5) is 28.3. The molecule has 2 atom stereocenters. The molecule has 0 saturated carbocycles. The van der Waals surface area contributed by atoms with E-state index in [9.17, 15) is 9.59 Å². The van der Waals surface area contributed by atoms with Crippen LogP contribution in [0.2, 0.25) is 0 Å². The van der Waals surface area contributed by atoms with Crippen LogP contribution in [0.3, 0.4) is 0 Å². The molecule has 0 bridgehead atoms. The average molecular weight is 275 g/mol. The molecule has 0 unspecified atom stereocenters. The van der Waals surface area contributed by atoms with Crippen molar-refractivity contribution in [3.05, 3.63) is 30.1 Å². The highest BCUT2D eigenvalue weighted by atomic mass is 16.2. The fourth-order valence-corrected chi connectivity index (χ4v) is 2.52. The van der Waals surface area contributed by atoms with Crippen LogP contribution >= 0.6 is 0 Å². The number of hydrogen-bond acceptors (Lipinski definition) is 3. The fraction of sp³-hybridized carbons (Fsp3) is 0.533. The number of hydrogen-bond donors (Lipinski definition) is 2. The predicted molar refractivity (Wildman–Crippen MR) is 75.5 cm³/mol. The summed E-state index contributed by atoms with van der Waals surface area (Å²) in [5.41, 5.74) is 0.693. The molecule has 0 radical (unpaired) electrons. The van der Waals surface area contributed by atoms with Crippen LogP contribution in [-0.4, -0.2) is 23.3 Å². The van der Waals surface area contributed by atoms with E-state index >= 15 is 0 Å². The molecule has 1 aromatic rings. The normalized spacial score (nSPS) is 22.4. The molecule has 2 rings (SSSR count). The number of nitrogens with one attached hydrogen (secondary N) is 2. The molecule has 108 valence electrons. The summed E-state index contributed by atoms with van der Waals surface area (Å²) in [6.45, 7) is 7.06. The minimum atomic E-state index is -0.612. The minimum Gasteiger partial charge on any atom is -0.355 e. The first kappa shape index (κ1) is 14.5. The maximum Gasteiger partial charge on any atom is 0.233 e. The molecule has 5 nitrogen and oxygen atoms in total. The molecule has 2 amide bonds. The highest BCUT2D eigenvalue weighted by molar-refractivity contribution is 6.02. The first-order valence-corrected chi connectivity index (χ1v) is 6.85. The summed E-state index contributed by atoms with van der Waals surface area (Å²) in [7, 11) is 0. The van der Waals surface area contributed by atoms with Gasteiger partial charge in [0.2, 0.25) is 11.8 Å². The highest BCUT2D eigenvalue weighted by Crippen LogP contribution is 2.35. The lowest BCUT2D eigenvalue weighted by Crippen LogP contribution is -2.40. The van der Waals surface area contributed by atoms with Crippen molar-refractivity contribution in [1.29, 1.82) is 0 Å². The molecule has 0 aromatic carbocycles. The van der Waals surface area contributed by atoms with Gasteiger partial charge in [0.05, 0.1) is 12.2 Å². The zero-order chi connectivity index (χ0) is 14.8. The van der Waals surface area contributed by atoms with E-state index in [0.29, 0.717) is 13.1 Å². The summed E-state index contributed by atoms with van der Waals surface area (Å²) >= 11 is 0. The second-order valence-electron chi connectivity index (χ2n) is 6.23. The first-order chi connectivity index (χ1) is 9.39. The lowest BCUT2D eigenvalue weighted by atomic mass is 9.74. The van der Waals surface area contributed by atoms with E-state index in [1.165, 1.54) is 0 Å². The van der Waals surface area contributed by atoms with Crippen molar-refractivity contribution in [1.82, 2.24) is 15.6 Å². The van der Waals surface area contributed by atoms with Crippen molar-refractivity contribution in [2.24, 2.45) is 17.3 Å². The van der Waals surface area contributed by atoms with Gasteiger partial charge in [-0.3, -0.25) is 14.6 Å². The molecule has 0 spiro atoms. The fourth-order valence-electron chi connectivity index (χ4n) is 2.52. The van der Waals surface area contributed by atoms with E-state index in [2.05, 4.69) is 36.4 Å². The van der Waals surface area contributed by atoms with Gasteiger partial charge in [0.1, 0.15) is 5.92 Å². The van der Waals surface area contributed by atoms with E-state index < -0.39 is 5.92 Å². The van der Waals surface area contributed by atoms with Crippen LogP contribution < -0.4 is 10.6 Å². The number of aromatic nitrogens is 1. The Labute approximate surface area is 119 Å². The van der Waals surface area contributed by atoms with Crippen LogP contribution in [0.4, 0.5) is 0 Å². The number of rotatable bonds is 3. The van der Waals surface area contributed by atoms with Crippen LogP contribution in [0.25, 0.3) is 0 Å². The third-order valence-electron chi connectivity index (χ3n) is 3.75. The Morgan fingerprint density at radius 1 is 1.45 bits per heavy atom. The van der Waals surface area contributed by atoms with Gasteiger partial charge in [-0.1, -0.05) is 26.8 Å². The summed E-state index contributed by atoms with van der Waals surface area (Å²) in [6.07, 6.45) is 1.68. The SMILES string of the molecule is CC(C)(C)[C@@H]1CNC(=O)[C@@H]1C(=O)NCc1ccccn1. The van der Waals surface area contributed by atoms with E-state index in [1.54, 1.807) is 6.20 Å². The molecule has 1 saturated heterocycles. The van der Waals surface area contributed by atoms with Gasteiger partial charge < -0.3 is 10.6 Å². The third-order valence-corrected chi connectivity index (χ3v) is 3.75. The van der Waals surface area contributed by atoms with Crippen LogP contribution in [0.1, 0.15) is 26.5 Å². The third kappa shape index (κ3) is 3.15. The number of amides is 2. The molecule has 1 aromatic heterocycles. The topological polar surface area (TPSA) is 71.1 Å². The van der Waals surface area contributed by atoms with Gasteiger partial charge in [-0.15, -0.1) is 0 Å². The lowest BCUT2D eigenvalue weighted by Gasteiger charge is -2.29. The van der Waals surface area contributed by atoms with Crippen molar-refractivity contribution >= 4 is 11.8 Å². The monoisotopic (exact) mass is 275 g/mol. The first-order valence-electron chi connectivity index (χ1n) is 6.85. The van der Waals surface area contributed by atoms with Crippen molar-refractivity contribution in [2.45, 2.75) is 27.3 Å². The summed E-state index contributed by atoms with van der Waals surface area (Å²) in [5, 5.41) is 5.60. The number of nitrogens with zero attached hydrogens (tertiary/aromatic N) is 1. The number of carbonyl (C=O) groups is 2. The maximum absolute atomic E-state index is 12.3. The average Bonchev–Trinajstić information content (AvgIpc) is 2.79. The molecule has 1 aliphatic heterocycles. The Hall–Kier alpha value is -1.91. The van der Waals surface area contributed by atoms with Gasteiger partial charge in [-0.05, 0) is 17.5 Å². The van der Waals surface area contributed by atoms with Crippen molar-refractivity contribution in [2.75, 3.05) is 6.54 Å². The molecule has 1 aliphatic rings. The summed E-state index contributed by atoms with van der Waals surface area (Å²) in [6, 6.07) is 5.54. The Morgan fingerprint density at radius 2 is 2.20 bits per heavy atom. The number of pyridine rings is 1. The lowest BCUT2D eigenvalue weighted by molar-refractivity contribution is -0.135. The van der Waals surface area contributed by atoms with E-state index in [4.69, 9.17) is 0 Å².